The highest BCUT2D eigenvalue weighted by Gasteiger charge is 2.24. The van der Waals surface area contributed by atoms with Crippen molar-refractivity contribution in [3.63, 3.8) is 0 Å². The normalized spacial score (nSPS) is 14.0. The van der Waals surface area contributed by atoms with E-state index in [2.05, 4.69) is 38.2 Å². The number of carbonyl (C=O) groups is 1. The molecule has 0 atom stereocenters. The molecule has 1 amide bonds. The zero-order valence-corrected chi connectivity index (χ0v) is 14.3. The van der Waals surface area contributed by atoms with E-state index in [-0.39, 0.29) is 5.91 Å². The van der Waals surface area contributed by atoms with Crippen molar-refractivity contribution in [3.8, 4) is 16.9 Å². The van der Waals surface area contributed by atoms with Crippen LogP contribution in [0.1, 0.15) is 23.3 Å². The third-order valence-electron chi connectivity index (χ3n) is 4.64. The second-order valence-corrected chi connectivity index (χ2v) is 6.70. The van der Waals surface area contributed by atoms with Crippen molar-refractivity contribution in [1.82, 2.24) is 29.3 Å². The summed E-state index contributed by atoms with van der Waals surface area (Å²) in [5, 5.41) is 11.7. The largest absolute Gasteiger partial charge is 0.348 e. The van der Waals surface area contributed by atoms with Crippen LogP contribution < -0.4 is 5.32 Å². The first kappa shape index (κ1) is 14.9. The lowest BCUT2D eigenvalue weighted by Gasteiger charge is -2.05. The lowest BCUT2D eigenvalue weighted by molar-refractivity contribution is 0.0945. The molecule has 1 aliphatic carbocycles. The Morgan fingerprint density at radius 2 is 1.96 bits per heavy atom. The van der Waals surface area contributed by atoms with E-state index in [4.69, 9.17) is 0 Å². The van der Waals surface area contributed by atoms with Gasteiger partial charge in [-0.1, -0.05) is 6.07 Å². The third kappa shape index (κ3) is 2.57. The molecule has 1 saturated carbocycles. The maximum Gasteiger partial charge on any atom is 0.272 e. The molecule has 0 aliphatic heterocycles. The van der Waals surface area contributed by atoms with Crippen molar-refractivity contribution in [2.75, 3.05) is 0 Å². The highest BCUT2D eigenvalue weighted by atomic mass is 16.2. The molecule has 7 heteroatoms. The second kappa shape index (κ2) is 5.59. The predicted molar refractivity (Wildman–Crippen MR) is 97.2 cm³/mol. The first-order chi connectivity index (χ1) is 12.7. The SMILES string of the molecule is Cn1cc(-c2ccc3ccc(-n4ccc(C(=O)NC5CC5)n4)n3c2)cn1. The summed E-state index contributed by atoms with van der Waals surface area (Å²) >= 11 is 0. The van der Waals surface area contributed by atoms with E-state index < -0.39 is 0 Å². The van der Waals surface area contributed by atoms with Crippen molar-refractivity contribution < 1.29 is 4.79 Å². The van der Waals surface area contributed by atoms with Gasteiger partial charge in [-0.25, -0.2) is 4.68 Å². The van der Waals surface area contributed by atoms with Crippen LogP contribution in [-0.2, 0) is 7.05 Å². The van der Waals surface area contributed by atoms with Crippen LogP contribution in [0.15, 0.2) is 55.1 Å². The quantitative estimate of drug-likeness (QED) is 0.617. The fourth-order valence-electron chi connectivity index (χ4n) is 3.07. The number of aromatic nitrogens is 5. The fraction of sp³-hybridized carbons (Fsp3) is 0.211. The van der Waals surface area contributed by atoms with Crippen molar-refractivity contribution in [2.45, 2.75) is 18.9 Å². The van der Waals surface area contributed by atoms with E-state index in [0.29, 0.717) is 11.7 Å². The van der Waals surface area contributed by atoms with Gasteiger partial charge in [-0.2, -0.15) is 10.2 Å². The Labute approximate surface area is 149 Å². The van der Waals surface area contributed by atoms with Crippen LogP contribution in [0.2, 0.25) is 0 Å². The minimum Gasteiger partial charge on any atom is -0.348 e. The number of fused-ring (bicyclic) bond motifs is 1. The smallest absolute Gasteiger partial charge is 0.272 e. The first-order valence-electron chi connectivity index (χ1n) is 8.64. The van der Waals surface area contributed by atoms with E-state index >= 15 is 0 Å². The number of hydrogen-bond donors (Lipinski definition) is 1. The standard InChI is InChI=1S/C19H18N6O/c1-23-11-14(10-20-23)13-2-5-16-6-7-18(24(16)12-13)25-9-8-17(22-25)19(26)21-15-3-4-15/h2,5-12,15H,3-4H2,1H3,(H,21,26). The summed E-state index contributed by atoms with van der Waals surface area (Å²) < 4.78 is 5.59. The molecule has 1 fully saturated rings. The molecule has 4 aromatic rings. The number of carbonyl (C=O) groups excluding carboxylic acids is 1. The molecule has 0 bridgehead atoms. The minimum absolute atomic E-state index is 0.108. The summed E-state index contributed by atoms with van der Waals surface area (Å²) in [6.45, 7) is 0. The topological polar surface area (TPSA) is 69.2 Å². The third-order valence-corrected chi connectivity index (χ3v) is 4.64. The van der Waals surface area contributed by atoms with Crippen LogP contribution in [0.4, 0.5) is 0 Å². The number of nitrogens with one attached hydrogen (secondary N) is 1. The van der Waals surface area contributed by atoms with Crippen molar-refractivity contribution in [3.05, 3.63) is 60.8 Å². The van der Waals surface area contributed by atoms with Crippen LogP contribution in [-0.4, -0.2) is 35.9 Å². The summed E-state index contributed by atoms with van der Waals surface area (Å²) in [6.07, 6.45) is 9.84. The van der Waals surface area contributed by atoms with Crippen molar-refractivity contribution in [1.29, 1.82) is 0 Å². The number of pyridine rings is 1. The van der Waals surface area contributed by atoms with Gasteiger partial charge in [-0.05, 0) is 37.1 Å². The van der Waals surface area contributed by atoms with Gasteiger partial charge in [-0.15, -0.1) is 0 Å². The van der Waals surface area contributed by atoms with E-state index in [1.54, 1.807) is 15.4 Å². The summed E-state index contributed by atoms with van der Waals surface area (Å²) in [5.41, 5.74) is 3.63. The highest BCUT2D eigenvalue weighted by molar-refractivity contribution is 5.92. The second-order valence-electron chi connectivity index (χ2n) is 6.70. The molecule has 0 saturated heterocycles. The van der Waals surface area contributed by atoms with Gasteiger partial charge >= 0.3 is 0 Å². The fourth-order valence-corrected chi connectivity index (χ4v) is 3.07. The van der Waals surface area contributed by atoms with Gasteiger partial charge in [0, 0.05) is 48.3 Å². The average molecular weight is 346 g/mol. The minimum atomic E-state index is -0.108. The number of aryl methyl sites for hydroxylation is 1. The average Bonchev–Trinajstić information content (AvgIpc) is 3.05. The molecule has 0 spiro atoms. The summed E-state index contributed by atoms with van der Waals surface area (Å²) in [5.74, 6) is 0.777. The summed E-state index contributed by atoms with van der Waals surface area (Å²) in [7, 11) is 1.90. The van der Waals surface area contributed by atoms with Gasteiger partial charge in [0.1, 0.15) is 5.82 Å². The molecular weight excluding hydrogens is 328 g/mol. The molecule has 130 valence electrons. The van der Waals surface area contributed by atoms with Crippen molar-refractivity contribution in [2.24, 2.45) is 7.05 Å². The summed E-state index contributed by atoms with van der Waals surface area (Å²) in [4.78, 5) is 12.2. The van der Waals surface area contributed by atoms with E-state index in [1.807, 2.05) is 37.8 Å². The highest BCUT2D eigenvalue weighted by Crippen LogP contribution is 2.23. The van der Waals surface area contributed by atoms with Gasteiger partial charge in [0.15, 0.2) is 5.69 Å². The predicted octanol–water partition coefficient (Wildman–Crippen LogP) is 2.42. The van der Waals surface area contributed by atoms with E-state index in [9.17, 15) is 4.79 Å². The maximum atomic E-state index is 12.2. The molecule has 7 nitrogen and oxygen atoms in total. The number of amides is 1. The maximum absolute atomic E-state index is 12.2. The van der Waals surface area contributed by atoms with Crippen molar-refractivity contribution >= 4 is 11.4 Å². The van der Waals surface area contributed by atoms with Crippen LogP contribution in [0.5, 0.6) is 0 Å². The van der Waals surface area contributed by atoms with Gasteiger partial charge in [0.2, 0.25) is 0 Å². The van der Waals surface area contributed by atoms with Crippen LogP contribution in [0.3, 0.4) is 0 Å². The molecule has 4 heterocycles. The van der Waals surface area contributed by atoms with E-state index in [1.165, 1.54) is 0 Å². The zero-order chi connectivity index (χ0) is 17.7. The molecule has 26 heavy (non-hydrogen) atoms. The molecule has 0 radical (unpaired) electrons. The van der Waals surface area contributed by atoms with Gasteiger partial charge < -0.3 is 9.72 Å². The lowest BCUT2D eigenvalue weighted by Crippen LogP contribution is -2.25. The Kier molecular flexibility index (Phi) is 3.21. The van der Waals surface area contributed by atoms with E-state index in [0.717, 1.165) is 35.3 Å². The summed E-state index contributed by atoms with van der Waals surface area (Å²) in [6, 6.07) is 10.3. The molecular formula is C19H18N6O. The van der Waals surface area contributed by atoms with Crippen LogP contribution in [0.25, 0.3) is 22.5 Å². The first-order valence-corrected chi connectivity index (χ1v) is 8.64. The molecule has 0 aromatic carbocycles. The molecule has 1 aliphatic rings. The van der Waals surface area contributed by atoms with Gasteiger partial charge in [-0.3, -0.25) is 9.48 Å². The number of hydrogen-bond acceptors (Lipinski definition) is 3. The van der Waals surface area contributed by atoms with Crippen LogP contribution >= 0.6 is 0 Å². The monoisotopic (exact) mass is 346 g/mol. The Morgan fingerprint density at radius 3 is 2.73 bits per heavy atom. The zero-order valence-electron chi connectivity index (χ0n) is 14.3. The molecule has 4 aromatic heterocycles. The molecule has 0 unspecified atom stereocenters. The Balaban J connectivity index is 1.52. The van der Waals surface area contributed by atoms with Crippen LogP contribution in [0, 0.1) is 0 Å². The molecule has 5 rings (SSSR count). The lowest BCUT2D eigenvalue weighted by atomic mass is 10.1. The Hall–Kier alpha value is -3.35. The Morgan fingerprint density at radius 1 is 1.12 bits per heavy atom. The number of rotatable bonds is 4. The van der Waals surface area contributed by atoms with Gasteiger partial charge in [0.05, 0.1) is 6.20 Å². The van der Waals surface area contributed by atoms with Gasteiger partial charge in [0.25, 0.3) is 5.91 Å². The number of nitrogens with zero attached hydrogens (tertiary/aromatic N) is 5. The molecule has 1 N–H and O–H groups in total. The Bertz CT molecular complexity index is 1110.